The Bertz CT molecular complexity index is 1050. The first-order valence-corrected chi connectivity index (χ1v) is 15.0. The second-order valence-corrected chi connectivity index (χ2v) is 11.8. The van der Waals surface area contributed by atoms with Gasteiger partial charge >= 0.3 is 0 Å². The van der Waals surface area contributed by atoms with Gasteiger partial charge in [0.15, 0.2) is 0 Å². The molecule has 1 aliphatic heterocycles. The molecule has 0 aliphatic carbocycles. The van der Waals surface area contributed by atoms with Crippen molar-refractivity contribution in [3.63, 3.8) is 0 Å². The first-order valence-electron chi connectivity index (χ1n) is 13.4. The van der Waals surface area contributed by atoms with Gasteiger partial charge in [-0.3, -0.25) is 4.57 Å². The zero-order valence-electron chi connectivity index (χ0n) is 22.0. The lowest BCUT2D eigenvalue weighted by atomic mass is 10.1. The third-order valence-electron chi connectivity index (χ3n) is 6.88. The number of nitrogens with zero attached hydrogens (tertiary/aromatic N) is 2. The van der Waals surface area contributed by atoms with Crippen LogP contribution in [0.4, 0.5) is 0 Å². The van der Waals surface area contributed by atoms with E-state index in [2.05, 4.69) is 77.5 Å². The Hall–Kier alpha value is -2.55. The highest BCUT2D eigenvalue weighted by molar-refractivity contribution is 7.64. The van der Waals surface area contributed by atoms with E-state index in [1.807, 2.05) is 42.5 Å². The average molecular weight is 501 g/mol. The largest absolute Gasteiger partial charge is 0.288 e. The van der Waals surface area contributed by atoms with Crippen molar-refractivity contribution in [3.8, 4) is 23.4 Å². The summed E-state index contributed by atoms with van der Waals surface area (Å²) in [5.41, 5.74) is 5.66. The van der Waals surface area contributed by atoms with Gasteiger partial charge in [0.25, 0.3) is 7.44 Å². The molecule has 0 N–H and O–H groups in total. The van der Waals surface area contributed by atoms with Gasteiger partial charge in [0, 0.05) is 44.4 Å². The van der Waals surface area contributed by atoms with Crippen LogP contribution in [0, 0.1) is 23.4 Å². The van der Waals surface area contributed by atoms with Gasteiger partial charge in [-0.25, -0.2) is 9.34 Å². The van der Waals surface area contributed by atoms with Crippen molar-refractivity contribution in [1.82, 2.24) is 9.34 Å². The van der Waals surface area contributed by atoms with Crippen molar-refractivity contribution in [1.29, 1.82) is 0 Å². The fourth-order valence-corrected chi connectivity index (χ4v) is 7.48. The normalized spacial score (nSPS) is 16.8. The van der Waals surface area contributed by atoms with Crippen LogP contribution in [0.15, 0.2) is 73.3 Å². The van der Waals surface area contributed by atoms with Gasteiger partial charge in [-0.05, 0) is 62.7 Å². The van der Waals surface area contributed by atoms with E-state index in [0.29, 0.717) is 0 Å². The molecular formula is C32H41N2OP. The standard InChI is InChI=1S/C32H41N2OP/c1-4-5-6-7-8-9-10-11-12-13-14-21-28-36(35)33(29(2)31-22-17-15-18-23-31)26-27-34(36)30(3)32-24-19-16-20-25-32/h4,15-20,22-25,29-30H,1,5-8,11-14,26-27H2,2-3H3/t29-,30-/m0/s1. The van der Waals surface area contributed by atoms with Gasteiger partial charge in [0.2, 0.25) is 0 Å². The van der Waals surface area contributed by atoms with Gasteiger partial charge in [0.05, 0.1) is 0 Å². The summed E-state index contributed by atoms with van der Waals surface area (Å²) in [4.78, 5) is 0. The summed E-state index contributed by atoms with van der Waals surface area (Å²) in [6.07, 6.45) is 10.0. The van der Waals surface area contributed by atoms with Crippen molar-refractivity contribution >= 4 is 7.44 Å². The van der Waals surface area contributed by atoms with E-state index in [9.17, 15) is 4.57 Å². The fourth-order valence-electron chi connectivity index (χ4n) is 4.68. The molecule has 1 heterocycles. The Kier molecular flexibility index (Phi) is 11.6. The van der Waals surface area contributed by atoms with Gasteiger partial charge < -0.3 is 0 Å². The molecule has 0 saturated carbocycles. The van der Waals surface area contributed by atoms with E-state index in [4.69, 9.17) is 0 Å². The van der Waals surface area contributed by atoms with Crippen LogP contribution >= 0.6 is 7.44 Å². The molecule has 0 aromatic heterocycles. The molecule has 1 aliphatic rings. The first kappa shape index (κ1) is 28.0. The van der Waals surface area contributed by atoms with Crippen LogP contribution in [-0.4, -0.2) is 22.4 Å². The first-order chi connectivity index (χ1) is 17.6. The maximum Gasteiger partial charge on any atom is 0.288 e. The summed E-state index contributed by atoms with van der Waals surface area (Å²) in [7, 11) is -3.04. The van der Waals surface area contributed by atoms with Gasteiger partial charge in [-0.15, -0.1) is 18.4 Å². The monoisotopic (exact) mass is 500 g/mol. The molecular weight excluding hydrogens is 459 g/mol. The predicted molar refractivity (Wildman–Crippen MR) is 153 cm³/mol. The molecule has 4 heteroatoms. The number of rotatable bonds is 11. The van der Waals surface area contributed by atoms with Crippen molar-refractivity contribution in [3.05, 3.63) is 84.4 Å². The summed E-state index contributed by atoms with van der Waals surface area (Å²) in [5.74, 6) is 9.87. The third-order valence-corrected chi connectivity index (χ3v) is 9.81. The van der Waals surface area contributed by atoms with Crippen LogP contribution in [0.5, 0.6) is 0 Å². The minimum Gasteiger partial charge on any atom is -0.274 e. The van der Waals surface area contributed by atoms with Crippen LogP contribution in [-0.2, 0) is 4.57 Å². The number of hydrogen-bond acceptors (Lipinski definition) is 1. The number of hydrogen-bond donors (Lipinski definition) is 0. The highest BCUT2D eigenvalue weighted by atomic mass is 31.2. The van der Waals surface area contributed by atoms with E-state index in [1.54, 1.807) is 0 Å². The molecule has 0 unspecified atom stereocenters. The van der Waals surface area contributed by atoms with Crippen molar-refractivity contribution in [2.75, 3.05) is 13.1 Å². The van der Waals surface area contributed by atoms with Gasteiger partial charge in [-0.1, -0.05) is 72.7 Å². The fraction of sp³-hybridized carbons (Fsp3) is 0.438. The lowest BCUT2D eigenvalue weighted by molar-refractivity contribution is 0.377. The van der Waals surface area contributed by atoms with Crippen LogP contribution in [0.1, 0.15) is 88.4 Å². The van der Waals surface area contributed by atoms with E-state index < -0.39 is 7.44 Å². The Balaban J connectivity index is 1.65. The average Bonchev–Trinajstić information content (AvgIpc) is 3.26. The highest BCUT2D eigenvalue weighted by Gasteiger charge is 2.46. The van der Waals surface area contributed by atoms with E-state index >= 15 is 0 Å². The molecule has 2 aromatic carbocycles. The maximum atomic E-state index is 14.6. The molecule has 2 atom stereocenters. The Morgan fingerprint density at radius 1 is 0.778 bits per heavy atom. The minimum atomic E-state index is -3.04. The smallest absolute Gasteiger partial charge is 0.274 e. The molecule has 0 bridgehead atoms. The summed E-state index contributed by atoms with van der Waals surface area (Å²) in [6, 6.07) is 20.8. The van der Waals surface area contributed by atoms with Crippen molar-refractivity contribution in [2.45, 2.75) is 77.3 Å². The van der Waals surface area contributed by atoms with Crippen LogP contribution in [0.2, 0.25) is 0 Å². The Morgan fingerprint density at radius 3 is 1.69 bits per heavy atom. The van der Waals surface area contributed by atoms with Gasteiger partial charge in [-0.2, -0.15) is 0 Å². The molecule has 0 amide bonds. The Labute approximate surface area is 219 Å². The molecule has 36 heavy (non-hydrogen) atoms. The van der Waals surface area contributed by atoms with Crippen molar-refractivity contribution in [2.24, 2.45) is 0 Å². The maximum absolute atomic E-state index is 14.6. The van der Waals surface area contributed by atoms with E-state index in [1.165, 1.54) is 17.5 Å². The zero-order chi connectivity index (χ0) is 25.6. The quantitative estimate of drug-likeness (QED) is 0.134. The minimum absolute atomic E-state index is 0.0426. The molecule has 0 spiro atoms. The summed E-state index contributed by atoms with van der Waals surface area (Å²) >= 11 is 0. The van der Waals surface area contributed by atoms with Crippen LogP contribution in [0.25, 0.3) is 0 Å². The van der Waals surface area contributed by atoms with Crippen LogP contribution < -0.4 is 0 Å². The van der Waals surface area contributed by atoms with E-state index in [-0.39, 0.29) is 12.1 Å². The summed E-state index contributed by atoms with van der Waals surface area (Å²) < 4.78 is 18.9. The number of unbranched alkanes of at least 4 members (excludes halogenated alkanes) is 6. The highest BCUT2D eigenvalue weighted by Crippen LogP contribution is 2.62. The number of allylic oxidation sites excluding steroid dienone is 1. The zero-order valence-corrected chi connectivity index (χ0v) is 22.9. The van der Waals surface area contributed by atoms with Crippen LogP contribution in [0.3, 0.4) is 0 Å². The molecule has 2 aromatic rings. The predicted octanol–water partition coefficient (Wildman–Crippen LogP) is 8.59. The molecule has 1 saturated heterocycles. The Morgan fingerprint density at radius 2 is 1.22 bits per heavy atom. The SMILES string of the molecule is C=CCCCCC#CCCCCC#CP1(=O)N([C@@H](C)c2ccccc2)CCN1[C@@H](C)c1ccccc1. The lowest BCUT2D eigenvalue weighted by Gasteiger charge is -2.33. The van der Waals surface area contributed by atoms with Gasteiger partial charge in [0.1, 0.15) is 0 Å². The summed E-state index contributed by atoms with van der Waals surface area (Å²) in [6.45, 7) is 9.56. The molecule has 3 nitrogen and oxygen atoms in total. The molecule has 190 valence electrons. The molecule has 1 fully saturated rings. The molecule has 0 radical (unpaired) electrons. The molecule has 3 rings (SSSR count). The van der Waals surface area contributed by atoms with Crippen molar-refractivity contribution < 1.29 is 4.57 Å². The lowest BCUT2D eigenvalue weighted by Crippen LogP contribution is -2.23. The third kappa shape index (κ3) is 7.72. The van der Waals surface area contributed by atoms with E-state index in [0.717, 1.165) is 58.0 Å². The summed E-state index contributed by atoms with van der Waals surface area (Å²) in [5, 5.41) is 0. The number of benzene rings is 2. The second kappa shape index (κ2) is 14.9. The topological polar surface area (TPSA) is 23.6 Å². The second-order valence-electron chi connectivity index (χ2n) is 9.43.